The van der Waals surface area contributed by atoms with Crippen molar-refractivity contribution in [2.24, 2.45) is 0 Å². The van der Waals surface area contributed by atoms with Crippen LogP contribution in [0.25, 0.3) is 0 Å². The normalized spacial score (nSPS) is 9.58. The van der Waals surface area contributed by atoms with Gasteiger partial charge in [0.05, 0.1) is 0 Å². The minimum atomic E-state index is -0.420. The lowest BCUT2D eigenvalue weighted by Crippen LogP contribution is -2.24. The molecule has 0 unspecified atom stereocenters. The van der Waals surface area contributed by atoms with Gasteiger partial charge in [-0.05, 0) is 29.8 Å². The van der Waals surface area contributed by atoms with Crippen LogP contribution in [0.2, 0.25) is 0 Å². The summed E-state index contributed by atoms with van der Waals surface area (Å²) in [5.41, 5.74) is 3.07. The van der Waals surface area contributed by atoms with Gasteiger partial charge in [0.25, 0.3) is 0 Å². The van der Waals surface area contributed by atoms with E-state index in [0.717, 1.165) is 16.8 Å². The van der Waals surface area contributed by atoms with Crippen molar-refractivity contribution < 1.29 is 9.53 Å². The molecule has 2 rings (SSSR count). The third kappa shape index (κ3) is 6.05. The first kappa shape index (κ1) is 17.4. The van der Waals surface area contributed by atoms with E-state index < -0.39 is 6.09 Å². The number of carbonyl (C=O) groups is 1. The molecule has 2 aromatic rings. The molecular weight excluding hydrogens is 300 g/mol. The van der Waals surface area contributed by atoms with Crippen LogP contribution in [0.3, 0.4) is 0 Å². The van der Waals surface area contributed by atoms with E-state index in [2.05, 4.69) is 17.2 Å². The number of nitrogens with zero attached hydrogens (tertiary/aromatic N) is 1. The van der Waals surface area contributed by atoms with E-state index in [4.69, 9.17) is 4.74 Å². The second-order valence-corrected chi connectivity index (χ2v) is 5.48. The Balaban J connectivity index is 1.66. The summed E-state index contributed by atoms with van der Waals surface area (Å²) in [5, 5.41) is 2.69. The molecule has 24 heavy (non-hydrogen) atoms. The van der Waals surface area contributed by atoms with Gasteiger partial charge in [-0.3, -0.25) is 0 Å². The number of hydrogen-bond donors (Lipinski definition) is 1. The average molecular weight is 322 g/mol. The zero-order valence-electron chi connectivity index (χ0n) is 14.1. The fourth-order valence-electron chi connectivity index (χ4n) is 2.01. The zero-order chi connectivity index (χ0) is 17.2. The predicted molar refractivity (Wildman–Crippen MR) is 96.9 cm³/mol. The lowest BCUT2D eigenvalue weighted by molar-refractivity contribution is 0.140. The fourth-order valence-corrected chi connectivity index (χ4v) is 2.01. The van der Waals surface area contributed by atoms with Gasteiger partial charge in [0.1, 0.15) is 6.61 Å². The molecule has 0 fully saturated rings. The molecule has 4 heteroatoms. The minimum absolute atomic E-state index is 0.274. The quantitative estimate of drug-likeness (QED) is 0.677. The number of alkyl carbamates (subject to hydrolysis) is 1. The van der Waals surface area contributed by atoms with Crippen molar-refractivity contribution in [1.82, 2.24) is 5.32 Å². The summed E-state index contributed by atoms with van der Waals surface area (Å²) in [7, 11) is 4.01. The highest BCUT2D eigenvalue weighted by atomic mass is 16.5. The average Bonchev–Trinajstić information content (AvgIpc) is 2.61. The first-order chi connectivity index (χ1) is 11.6. The van der Waals surface area contributed by atoms with Crippen LogP contribution in [-0.4, -0.2) is 26.7 Å². The van der Waals surface area contributed by atoms with Crippen LogP contribution in [0, 0.1) is 11.8 Å². The van der Waals surface area contributed by atoms with Crippen LogP contribution in [0.4, 0.5) is 10.5 Å². The summed E-state index contributed by atoms with van der Waals surface area (Å²) < 4.78 is 5.13. The molecule has 0 aliphatic heterocycles. The van der Waals surface area contributed by atoms with Gasteiger partial charge in [-0.2, -0.15) is 0 Å². The van der Waals surface area contributed by atoms with Crippen LogP contribution in [0.15, 0.2) is 54.6 Å². The van der Waals surface area contributed by atoms with Crippen molar-refractivity contribution in [2.45, 2.75) is 13.0 Å². The van der Waals surface area contributed by atoms with Crippen LogP contribution >= 0.6 is 0 Å². The Labute approximate surface area is 143 Å². The van der Waals surface area contributed by atoms with Crippen molar-refractivity contribution in [3.8, 4) is 11.8 Å². The van der Waals surface area contributed by atoms with E-state index in [-0.39, 0.29) is 6.61 Å². The summed E-state index contributed by atoms with van der Waals surface area (Å²) in [6.07, 6.45) is 0.159. The number of amides is 1. The molecule has 0 radical (unpaired) electrons. The van der Waals surface area contributed by atoms with E-state index >= 15 is 0 Å². The largest absolute Gasteiger partial charge is 0.445 e. The number of rotatable bonds is 5. The second-order valence-electron chi connectivity index (χ2n) is 5.48. The van der Waals surface area contributed by atoms with E-state index in [1.54, 1.807) is 0 Å². The smallest absolute Gasteiger partial charge is 0.407 e. The second kappa shape index (κ2) is 9.26. The van der Waals surface area contributed by atoms with E-state index in [1.165, 1.54) is 0 Å². The number of benzene rings is 2. The number of carbonyl (C=O) groups excluding carboxylic acids is 1. The van der Waals surface area contributed by atoms with Crippen LogP contribution in [0.1, 0.15) is 17.5 Å². The number of nitrogens with one attached hydrogen (secondary N) is 1. The summed E-state index contributed by atoms with van der Waals surface area (Å²) in [6, 6.07) is 17.6. The molecule has 0 aliphatic carbocycles. The van der Waals surface area contributed by atoms with Crippen molar-refractivity contribution in [1.29, 1.82) is 0 Å². The number of anilines is 1. The molecule has 0 saturated carbocycles. The number of hydrogen-bond acceptors (Lipinski definition) is 3. The van der Waals surface area contributed by atoms with Crippen LogP contribution in [0.5, 0.6) is 0 Å². The molecule has 0 heterocycles. The Morgan fingerprint density at radius 1 is 1.08 bits per heavy atom. The first-order valence-corrected chi connectivity index (χ1v) is 7.86. The molecule has 124 valence electrons. The van der Waals surface area contributed by atoms with E-state index in [9.17, 15) is 4.79 Å². The van der Waals surface area contributed by atoms with E-state index in [0.29, 0.717) is 13.0 Å². The van der Waals surface area contributed by atoms with Gasteiger partial charge in [-0.1, -0.05) is 42.2 Å². The van der Waals surface area contributed by atoms with E-state index in [1.807, 2.05) is 73.6 Å². The highest BCUT2D eigenvalue weighted by Gasteiger charge is 2.00. The maximum absolute atomic E-state index is 11.6. The van der Waals surface area contributed by atoms with Gasteiger partial charge in [-0.25, -0.2) is 4.79 Å². The minimum Gasteiger partial charge on any atom is -0.445 e. The molecule has 2 aromatic carbocycles. The molecule has 0 atom stereocenters. The van der Waals surface area contributed by atoms with Crippen molar-refractivity contribution in [2.75, 3.05) is 25.5 Å². The number of ether oxygens (including phenoxy) is 1. The lowest BCUT2D eigenvalue weighted by atomic mass is 10.2. The fraction of sp³-hybridized carbons (Fsp3) is 0.250. The summed E-state index contributed by atoms with van der Waals surface area (Å²) in [6.45, 7) is 0.743. The molecule has 1 amide bonds. The van der Waals surface area contributed by atoms with Gasteiger partial charge >= 0.3 is 6.09 Å². The van der Waals surface area contributed by atoms with Gasteiger partial charge in [0, 0.05) is 38.3 Å². The monoisotopic (exact) mass is 322 g/mol. The van der Waals surface area contributed by atoms with Crippen molar-refractivity contribution in [3.63, 3.8) is 0 Å². The van der Waals surface area contributed by atoms with Crippen LogP contribution < -0.4 is 10.2 Å². The molecule has 4 nitrogen and oxygen atoms in total. The topological polar surface area (TPSA) is 41.6 Å². The predicted octanol–water partition coefficient (Wildman–Crippen LogP) is 3.42. The lowest BCUT2D eigenvalue weighted by Gasteiger charge is -2.11. The Hall–Kier alpha value is -2.93. The maximum Gasteiger partial charge on any atom is 0.407 e. The van der Waals surface area contributed by atoms with Crippen molar-refractivity contribution in [3.05, 3.63) is 65.7 Å². The molecule has 0 spiro atoms. The Kier molecular flexibility index (Phi) is 6.73. The van der Waals surface area contributed by atoms with Gasteiger partial charge in [0.2, 0.25) is 0 Å². The highest BCUT2D eigenvalue weighted by Crippen LogP contribution is 2.11. The Bertz CT molecular complexity index is 698. The molecule has 0 saturated heterocycles. The molecule has 0 aliphatic rings. The molecular formula is C20H22N2O2. The van der Waals surface area contributed by atoms with Gasteiger partial charge < -0.3 is 15.0 Å². The standard InChI is InChI=1S/C20H22N2O2/c1-22(2)19-13-11-17(12-14-19)8-6-7-15-21-20(23)24-16-18-9-4-3-5-10-18/h3-5,9-14H,7,15-16H2,1-2H3,(H,21,23). The van der Waals surface area contributed by atoms with Gasteiger partial charge in [-0.15, -0.1) is 0 Å². The SMILES string of the molecule is CN(C)c1ccc(C#CCCNC(=O)OCc2ccccc2)cc1. The summed E-state index contributed by atoms with van der Waals surface area (Å²) >= 11 is 0. The molecule has 0 aromatic heterocycles. The Morgan fingerprint density at radius 2 is 1.79 bits per heavy atom. The Morgan fingerprint density at radius 3 is 2.46 bits per heavy atom. The van der Waals surface area contributed by atoms with Crippen molar-refractivity contribution >= 4 is 11.8 Å². The molecule has 0 bridgehead atoms. The zero-order valence-corrected chi connectivity index (χ0v) is 14.1. The summed E-state index contributed by atoms with van der Waals surface area (Å²) in [4.78, 5) is 13.6. The summed E-state index contributed by atoms with van der Waals surface area (Å²) in [5.74, 6) is 6.13. The maximum atomic E-state index is 11.6. The first-order valence-electron chi connectivity index (χ1n) is 7.86. The van der Waals surface area contributed by atoms with Gasteiger partial charge in [0.15, 0.2) is 0 Å². The highest BCUT2D eigenvalue weighted by molar-refractivity contribution is 5.67. The van der Waals surface area contributed by atoms with Crippen LogP contribution in [-0.2, 0) is 11.3 Å². The third-order valence-corrected chi connectivity index (χ3v) is 3.35. The third-order valence-electron chi connectivity index (χ3n) is 3.35. The molecule has 1 N–H and O–H groups in total.